The van der Waals surface area contributed by atoms with Gasteiger partial charge in [-0.15, -0.1) is 11.8 Å². The van der Waals surface area contributed by atoms with Gasteiger partial charge >= 0.3 is 0 Å². The van der Waals surface area contributed by atoms with Gasteiger partial charge in [0.2, 0.25) is 0 Å². The standard InChI is InChI=1S/C24H42N2O2S.C2H6OS.C2H6/c1-9-25-22(17-29-8)13-19(3)23(28-26(7)24(4,5)6)15-21-14-20(21)12-10-11-18(2)16-27;1-3-4-2;1-2/h9,13,16-18,20-21,23H,10-12,14-15H2,1-8H3;1-2H3;1-2H3/b19-13+,22-17-,25-9?;;/t18-,20?,21?,23?;;/m0../s1. The summed E-state index contributed by atoms with van der Waals surface area (Å²) in [5, 5.41) is 4.06. The van der Waals surface area contributed by atoms with Gasteiger partial charge in [0.05, 0.1) is 12.8 Å². The first kappa shape index (κ1) is 36.6. The lowest BCUT2D eigenvalue weighted by atomic mass is 10.0. The summed E-state index contributed by atoms with van der Waals surface area (Å²) in [6.07, 6.45) is 14.7. The highest BCUT2D eigenvalue weighted by Gasteiger charge is 2.39. The van der Waals surface area contributed by atoms with Gasteiger partial charge in [-0.1, -0.05) is 33.6 Å². The average molecular weight is 531 g/mol. The molecule has 0 N–H and O–H groups in total. The van der Waals surface area contributed by atoms with E-state index in [0.717, 1.165) is 37.2 Å². The van der Waals surface area contributed by atoms with Crippen molar-refractivity contribution in [1.29, 1.82) is 0 Å². The van der Waals surface area contributed by atoms with E-state index >= 15 is 0 Å². The third-order valence-corrected chi connectivity index (χ3v) is 6.66. The van der Waals surface area contributed by atoms with E-state index in [-0.39, 0.29) is 17.6 Å². The zero-order valence-corrected chi connectivity index (χ0v) is 26.2. The Morgan fingerprint density at radius 3 is 2.29 bits per heavy atom. The normalized spacial score (nSPS) is 20.0. The zero-order valence-electron chi connectivity index (χ0n) is 24.6. The van der Waals surface area contributed by atoms with Crippen LogP contribution in [0.1, 0.15) is 87.5 Å². The minimum absolute atomic E-state index is 0.0496. The van der Waals surface area contributed by atoms with Crippen LogP contribution in [0.5, 0.6) is 0 Å². The molecule has 0 aromatic carbocycles. The zero-order chi connectivity index (χ0) is 27.4. The van der Waals surface area contributed by atoms with E-state index in [2.05, 4.69) is 54.6 Å². The van der Waals surface area contributed by atoms with Crippen LogP contribution in [0, 0.1) is 17.8 Å². The van der Waals surface area contributed by atoms with Crippen molar-refractivity contribution in [3.05, 3.63) is 22.8 Å². The summed E-state index contributed by atoms with van der Waals surface area (Å²) in [5.41, 5.74) is 2.14. The summed E-state index contributed by atoms with van der Waals surface area (Å²) in [6.45, 7) is 16.6. The van der Waals surface area contributed by atoms with Crippen molar-refractivity contribution in [2.75, 3.05) is 26.7 Å². The fourth-order valence-electron chi connectivity index (χ4n) is 3.36. The van der Waals surface area contributed by atoms with Crippen molar-refractivity contribution < 1.29 is 13.8 Å². The fourth-order valence-corrected chi connectivity index (χ4v) is 3.73. The maximum atomic E-state index is 10.8. The summed E-state index contributed by atoms with van der Waals surface area (Å²) in [4.78, 5) is 21.7. The van der Waals surface area contributed by atoms with Gasteiger partial charge in [-0.3, -0.25) is 9.83 Å². The van der Waals surface area contributed by atoms with Crippen LogP contribution in [-0.4, -0.2) is 55.9 Å². The summed E-state index contributed by atoms with van der Waals surface area (Å²) >= 11 is 3.02. The molecule has 0 radical (unpaired) electrons. The molecular formula is C28H54N2O3S2. The number of aliphatic imine (C=N–C) groups is 1. The molecule has 0 amide bonds. The maximum absolute atomic E-state index is 10.8. The monoisotopic (exact) mass is 530 g/mol. The molecule has 7 heteroatoms. The smallest absolute Gasteiger partial charge is 0.122 e. The van der Waals surface area contributed by atoms with Gasteiger partial charge in [0.1, 0.15) is 12.4 Å². The Labute approximate surface area is 226 Å². The number of thioether (sulfide) groups is 1. The van der Waals surface area contributed by atoms with Crippen molar-refractivity contribution in [2.24, 2.45) is 22.7 Å². The summed E-state index contributed by atoms with van der Waals surface area (Å²) < 4.78 is 4.46. The first-order valence-electron chi connectivity index (χ1n) is 12.9. The predicted octanol–water partition coefficient (Wildman–Crippen LogP) is 8.23. The average Bonchev–Trinajstić information content (AvgIpc) is 3.57. The molecule has 1 aliphatic carbocycles. The van der Waals surface area contributed by atoms with Crippen molar-refractivity contribution in [3.8, 4) is 0 Å². The van der Waals surface area contributed by atoms with Crippen LogP contribution in [0.2, 0.25) is 0 Å². The molecule has 5 nitrogen and oxygen atoms in total. The van der Waals surface area contributed by atoms with Crippen LogP contribution >= 0.6 is 23.8 Å². The Morgan fingerprint density at radius 2 is 1.83 bits per heavy atom. The van der Waals surface area contributed by atoms with Crippen LogP contribution in [0.3, 0.4) is 0 Å². The predicted molar refractivity (Wildman–Crippen MR) is 159 cm³/mol. The Morgan fingerprint density at radius 1 is 1.23 bits per heavy atom. The Hall–Kier alpha value is -0.600. The van der Waals surface area contributed by atoms with Gasteiger partial charge in [0.15, 0.2) is 0 Å². The van der Waals surface area contributed by atoms with Gasteiger partial charge in [0, 0.05) is 31.0 Å². The van der Waals surface area contributed by atoms with E-state index in [9.17, 15) is 4.79 Å². The molecule has 1 rings (SSSR count). The van der Waals surface area contributed by atoms with E-state index in [1.54, 1.807) is 18.9 Å². The van der Waals surface area contributed by atoms with Crippen LogP contribution in [-0.2, 0) is 13.8 Å². The number of hydroxylamine groups is 2. The Balaban J connectivity index is 0. The molecule has 206 valence electrons. The SMILES string of the molecule is CC.CC=NC(=C\SC)/C=C(\C)C(CC1CC1CCC[C@H](C)C=O)ON(C)C(C)(C)C.COSC. The van der Waals surface area contributed by atoms with E-state index in [0.29, 0.717) is 5.92 Å². The number of carbonyl (C=O) groups is 1. The number of rotatable bonds is 14. The highest BCUT2D eigenvalue weighted by molar-refractivity contribution is 8.01. The molecule has 0 aromatic rings. The van der Waals surface area contributed by atoms with Gasteiger partial charge in [-0.05, 0) is 101 Å². The number of nitrogens with zero attached hydrogens (tertiary/aromatic N) is 2. The van der Waals surface area contributed by atoms with Gasteiger partial charge in [0.25, 0.3) is 0 Å². The molecule has 35 heavy (non-hydrogen) atoms. The molecule has 4 atom stereocenters. The lowest BCUT2D eigenvalue weighted by Gasteiger charge is -2.34. The maximum Gasteiger partial charge on any atom is 0.122 e. The molecule has 1 fully saturated rings. The molecular weight excluding hydrogens is 476 g/mol. The second kappa shape index (κ2) is 21.5. The van der Waals surface area contributed by atoms with Crippen LogP contribution in [0.15, 0.2) is 27.7 Å². The molecule has 0 heterocycles. The molecule has 0 spiro atoms. The largest absolute Gasteiger partial charge is 0.319 e. The molecule has 0 aromatic heterocycles. The Kier molecular flexibility index (Phi) is 22.4. The molecule has 0 saturated heterocycles. The second-order valence-electron chi connectivity index (χ2n) is 9.69. The van der Waals surface area contributed by atoms with Crippen molar-refractivity contribution in [2.45, 2.75) is 99.1 Å². The molecule has 0 bridgehead atoms. The van der Waals surface area contributed by atoms with E-state index in [4.69, 9.17) is 4.84 Å². The van der Waals surface area contributed by atoms with E-state index < -0.39 is 0 Å². The van der Waals surface area contributed by atoms with Crippen LogP contribution in [0.4, 0.5) is 0 Å². The number of hydrogen-bond donors (Lipinski definition) is 0. The first-order chi connectivity index (χ1) is 16.5. The minimum Gasteiger partial charge on any atom is -0.319 e. The van der Waals surface area contributed by atoms with Gasteiger partial charge < -0.3 is 8.98 Å². The molecule has 1 aliphatic rings. The molecule has 0 aliphatic heterocycles. The lowest BCUT2D eigenvalue weighted by Crippen LogP contribution is -2.41. The summed E-state index contributed by atoms with van der Waals surface area (Å²) in [5.74, 6) is 1.68. The van der Waals surface area contributed by atoms with E-state index in [1.807, 2.05) is 52.3 Å². The summed E-state index contributed by atoms with van der Waals surface area (Å²) in [6, 6.07) is 0. The second-order valence-corrected chi connectivity index (χ2v) is 11.1. The summed E-state index contributed by atoms with van der Waals surface area (Å²) in [7, 11) is 3.67. The van der Waals surface area contributed by atoms with Crippen LogP contribution < -0.4 is 0 Å². The van der Waals surface area contributed by atoms with Gasteiger partial charge in [-0.25, -0.2) is 0 Å². The van der Waals surface area contributed by atoms with Crippen molar-refractivity contribution in [3.63, 3.8) is 0 Å². The number of aldehydes is 1. The topological polar surface area (TPSA) is 51.1 Å². The fraction of sp³-hybridized carbons (Fsp3) is 0.786. The number of hydrogen-bond acceptors (Lipinski definition) is 7. The quantitative estimate of drug-likeness (QED) is 0.0741. The van der Waals surface area contributed by atoms with Crippen molar-refractivity contribution in [1.82, 2.24) is 5.06 Å². The number of carbonyl (C=O) groups excluding carboxylic acids is 1. The van der Waals surface area contributed by atoms with Crippen LogP contribution in [0.25, 0.3) is 0 Å². The highest BCUT2D eigenvalue weighted by Crippen LogP contribution is 2.46. The molecule has 3 unspecified atom stereocenters. The highest BCUT2D eigenvalue weighted by atomic mass is 32.2. The van der Waals surface area contributed by atoms with Crippen molar-refractivity contribution >= 4 is 36.3 Å². The molecule has 1 saturated carbocycles. The number of allylic oxidation sites excluding steroid dienone is 1. The third-order valence-electron chi connectivity index (χ3n) is 5.85. The lowest BCUT2D eigenvalue weighted by molar-refractivity contribution is -0.218. The first-order valence-corrected chi connectivity index (χ1v) is 15.3. The third kappa shape index (κ3) is 18.3. The Bertz CT molecular complexity index is 628. The van der Waals surface area contributed by atoms with Gasteiger partial charge in [-0.2, -0.15) is 5.06 Å². The minimum atomic E-state index is -0.0496. The van der Waals surface area contributed by atoms with E-state index in [1.165, 1.54) is 30.5 Å².